The monoisotopic (exact) mass is 219 g/mol. The lowest BCUT2D eigenvalue weighted by Gasteiger charge is -2.03. The predicted octanol–water partition coefficient (Wildman–Crippen LogP) is 2.67. The second-order valence-electron chi connectivity index (χ2n) is 3.83. The maximum absolute atomic E-state index is 13.3. The van der Waals surface area contributed by atoms with Gasteiger partial charge in [-0.15, -0.1) is 0 Å². The van der Waals surface area contributed by atoms with E-state index in [0.29, 0.717) is 5.82 Å². The van der Waals surface area contributed by atoms with Crippen molar-refractivity contribution in [3.05, 3.63) is 35.1 Å². The van der Waals surface area contributed by atoms with E-state index in [1.165, 1.54) is 12.1 Å². The quantitative estimate of drug-likeness (QED) is 0.815. The highest BCUT2D eigenvalue weighted by Gasteiger charge is 2.11. The molecule has 16 heavy (non-hydrogen) atoms. The third-order valence-electron chi connectivity index (χ3n) is 2.58. The van der Waals surface area contributed by atoms with E-state index in [0.717, 1.165) is 28.8 Å². The van der Waals surface area contributed by atoms with Gasteiger partial charge in [0.05, 0.1) is 5.69 Å². The molecule has 0 aliphatic heterocycles. The van der Waals surface area contributed by atoms with Crippen LogP contribution in [0.3, 0.4) is 0 Å². The maximum Gasteiger partial charge on any atom is 0.149 e. The molecule has 2 aromatic rings. The Hall–Kier alpha value is -1.84. The van der Waals surface area contributed by atoms with E-state index in [9.17, 15) is 4.39 Å². The molecule has 0 fully saturated rings. The summed E-state index contributed by atoms with van der Waals surface area (Å²) in [5.41, 5.74) is 9.14. The molecule has 0 bridgehead atoms. The maximum atomic E-state index is 13.3. The van der Waals surface area contributed by atoms with Gasteiger partial charge in [0.15, 0.2) is 0 Å². The molecule has 0 radical (unpaired) electrons. The van der Waals surface area contributed by atoms with Gasteiger partial charge in [-0.05, 0) is 37.1 Å². The first-order valence-corrected chi connectivity index (χ1v) is 5.22. The first-order chi connectivity index (χ1) is 7.61. The number of hydrogen-bond donors (Lipinski definition) is 2. The number of nitrogen functional groups attached to an aromatic ring is 1. The third-order valence-corrected chi connectivity index (χ3v) is 2.58. The minimum atomic E-state index is -0.245. The largest absolute Gasteiger partial charge is 0.382 e. The van der Waals surface area contributed by atoms with Crippen molar-refractivity contribution in [1.29, 1.82) is 0 Å². The first kappa shape index (κ1) is 10.7. The van der Waals surface area contributed by atoms with Crippen molar-refractivity contribution in [2.45, 2.75) is 20.3 Å². The van der Waals surface area contributed by atoms with Gasteiger partial charge in [0, 0.05) is 11.1 Å². The molecule has 0 aliphatic carbocycles. The van der Waals surface area contributed by atoms with Crippen LogP contribution in [0.15, 0.2) is 18.2 Å². The second-order valence-corrected chi connectivity index (χ2v) is 3.83. The van der Waals surface area contributed by atoms with Gasteiger partial charge in [0.1, 0.15) is 11.6 Å². The molecule has 3 nitrogen and oxygen atoms in total. The highest BCUT2D eigenvalue weighted by atomic mass is 19.1. The van der Waals surface area contributed by atoms with Gasteiger partial charge in [0.2, 0.25) is 0 Å². The summed E-state index contributed by atoms with van der Waals surface area (Å²) in [5, 5.41) is 6.81. The topological polar surface area (TPSA) is 54.7 Å². The van der Waals surface area contributed by atoms with Crippen molar-refractivity contribution in [2.75, 3.05) is 5.73 Å². The number of rotatable bonds is 2. The summed E-state index contributed by atoms with van der Waals surface area (Å²) in [4.78, 5) is 0. The Morgan fingerprint density at radius 2 is 2.12 bits per heavy atom. The lowest BCUT2D eigenvalue weighted by Crippen LogP contribution is -1.91. The Labute approximate surface area is 93.5 Å². The minimum Gasteiger partial charge on any atom is -0.382 e. The van der Waals surface area contributed by atoms with Crippen LogP contribution in [0.1, 0.15) is 18.1 Å². The van der Waals surface area contributed by atoms with E-state index in [4.69, 9.17) is 5.73 Å². The number of nitrogens with zero attached hydrogens (tertiary/aromatic N) is 1. The number of halogens is 1. The molecule has 0 saturated carbocycles. The Morgan fingerprint density at radius 1 is 1.38 bits per heavy atom. The van der Waals surface area contributed by atoms with Crippen LogP contribution in [0, 0.1) is 12.7 Å². The molecule has 1 aromatic heterocycles. The van der Waals surface area contributed by atoms with Crippen LogP contribution in [0.25, 0.3) is 11.3 Å². The molecule has 0 unspecified atom stereocenters. The summed E-state index contributed by atoms with van der Waals surface area (Å²) >= 11 is 0. The molecule has 2 rings (SSSR count). The molecule has 84 valence electrons. The summed E-state index contributed by atoms with van der Waals surface area (Å²) in [6.07, 6.45) is 0.771. The van der Waals surface area contributed by atoms with Crippen LogP contribution in [-0.2, 0) is 6.42 Å². The van der Waals surface area contributed by atoms with E-state index < -0.39 is 0 Å². The van der Waals surface area contributed by atoms with Crippen molar-refractivity contribution in [3.63, 3.8) is 0 Å². The minimum absolute atomic E-state index is 0.245. The summed E-state index contributed by atoms with van der Waals surface area (Å²) in [7, 11) is 0. The smallest absolute Gasteiger partial charge is 0.149 e. The summed E-state index contributed by atoms with van der Waals surface area (Å²) in [6, 6.07) is 4.89. The van der Waals surface area contributed by atoms with Crippen molar-refractivity contribution < 1.29 is 4.39 Å². The Morgan fingerprint density at radius 3 is 2.75 bits per heavy atom. The number of anilines is 1. The number of nitrogens with one attached hydrogen (secondary N) is 1. The van der Waals surface area contributed by atoms with Gasteiger partial charge in [0.25, 0.3) is 0 Å². The lowest BCUT2D eigenvalue weighted by molar-refractivity contribution is 0.627. The van der Waals surface area contributed by atoms with Gasteiger partial charge in [-0.1, -0.05) is 6.92 Å². The van der Waals surface area contributed by atoms with Gasteiger partial charge in [-0.25, -0.2) is 4.39 Å². The number of aromatic nitrogens is 2. The molecular weight excluding hydrogens is 205 g/mol. The molecule has 0 saturated heterocycles. The van der Waals surface area contributed by atoms with E-state index in [1.807, 2.05) is 19.9 Å². The van der Waals surface area contributed by atoms with Gasteiger partial charge in [-0.3, -0.25) is 5.10 Å². The van der Waals surface area contributed by atoms with Crippen molar-refractivity contribution in [3.8, 4) is 11.3 Å². The molecule has 0 atom stereocenters. The number of nitrogens with two attached hydrogens (primary N) is 1. The van der Waals surface area contributed by atoms with E-state index in [2.05, 4.69) is 10.2 Å². The number of aromatic amines is 1. The van der Waals surface area contributed by atoms with Crippen LogP contribution >= 0.6 is 0 Å². The molecular formula is C12H14FN3. The van der Waals surface area contributed by atoms with Gasteiger partial charge >= 0.3 is 0 Å². The van der Waals surface area contributed by atoms with Crippen molar-refractivity contribution in [2.24, 2.45) is 0 Å². The molecule has 1 aromatic carbocycles. The first-order valence-electron chi connectivity index (χ1n) is 5.22. The number of H-pyrrole nitrogens is 1. The number of aryl methyl sites for hydroxylation is 1. The fourth-order valence-electron chi connectivity index (χ4n) is 1.86. The van der Waals surface area contributed by atoms with Crippen LogP contribution in [0.2, 0.25) is 0 Å². The van der Waals surface area contributed by atoms with Crippen LogP contribution in [-0.4, -0.2) is 10.2 Å². The van der Waals surface area contributed by atoms with Crippen LogP contribution in [0.5, 0.6) is 0 Å². The number of hydrogen-bond acceptors (Lipinski definition) is 2. The Bertz CT molecular complexity index is 497. The highest BCUT2D eigenvalue weighted by molar-refractivity contribution is 5.68. The summed E-state index contributed by atoms with van der Waals surface area (Å²) < 4.78 is 13.3. The van der Waals surface area contributed by atoms with Crippen LogP contribution < -0.4 is 5.73 Å². The van der Waals surface area contributed by atoms with E-state index in [-0.39, 0.29) is 5.82 Å². The van der Waals surface area contributed by atoms with Gasteiger partial charge < -0.3 is 5.73 Å². The second kappa shape index (κ2) is 3.96. The normalized spacial score (nSPS) is 10.7. The van der Waals surface area contributed by atoms with E-state index in [1.54, 1.807) is 0 Å². The molecule has 3 N–H and O–H groups in total. The van der Waals surface area contributed by atoms with Gasteiger partial charge in [-0.2, -0.15) is 5.10 Å². The number of benzene rings is 1. The summed E-state index contributed by atoms with van der Waals surface area (Å²) in [6.45, 7) is 3.86. The zero-order valence-electron chi connectivity index (χ0n) is 9.34. The lowest BCUT2D eigenvalue weighted by atomic mass is 10.0. The highest BCUT2D eigenvalue weighted by Crippen LogP contribution is 2.26. The molecule has 0 spiro atoms. The Balaban J connectivity index is 2.58. The molecule has 4 heteroatoms. The fourth-order valence-corrected chi connectivity index (χ4v) is 1.86. The van der Waals surface area contributed by atoms with Crippen molar-refractivity contribution >= 4 is 5.82 Å². The van der Waals surface area contributed by atoms with E-state index >= 15 is 0 Å². The molecule has 0 aliphatic rings. The average Bonchev–Trinajstić information content (AvgIpc) is 2.58. The standard InChI is InChI=1S/C12H14FN3/c1-3-10-11(15-16-12(10)14)8-4-7(2)5-9(13)6-8/h4-6H,3H2,1-2H3,(H3,14,15,16). The molecule has 0 amide bonds. The average molecular weight is 219 g/mol. The molecule has 1 heterocycles. The Kier molecular flexibility index (Phi) is 2.64. The summed E-state index contributed by atoms with van der Waals surface area (Å²) in [5.74, 6) is 0.240. The predicted molar refractivity (Wildman–Crippen MR) is 62.5 cm³/mol. The van der Waals surface area contributed by atoms with Crippen LogP contribution in [0.4, 0.5) is 10.2 Å². The zero-order chi connectivity index (χ0) is 11.7. The van der Waals surface area contributed by atoms with Crippen molar-refractivity contribution in [1.82, 2.24) is 10.2 Å². The fraction of sp³-hybridized carbons (Fsp3) is 0.250. The zero-order valence-corrected chi connectivity index (χ0v) is 9.34. The SMILES string of the molecule is CCc1c(N)n[nH]c1-c1cc(C)cc(F)c1. The third kappa shape index (κ3) is 1.78.